The number of carboxylic acid groups (broad SMARTS) is 1. The number of hydrogen-bond acceptors (Lipinski definition) is 5. The summed E-state index contributed by atoms with van der Waals surface area (Å²) in [6.45, 7) is 0.317. The number of aromatic carboxylic acids is 1. The number of furan rings is 1. The van der Waals surface area contributed by atoms with E-state index in [4.69, 9.17) is 20.8 Å². The van der Waals surface area contributed by atoms with Crippen LogP contribution in [0.25, 0.3) is 0 Å². The fraction of sp³-hybridized carbons (Fsp3) is 0.111. The molecule has 1 aromatic carbocycles. The van der Waals surface area contributed by atoms with Gasteiger partial charge < -0.3 is 19.1 Å². The largest absolute Gasteiger partial charge is 0.542 e. The van der Waals surface area contributed by atoms with Gasteiger partial charge in [0.25, 0.3) is 0 Å². The van der Waals surface area contributed by atoms with E-state index in [2.05, 4.69) is 4.98 Å². The van der Waals surface area contributed by atoms with E-state index in [9.17, 15) is 9.90 Å². The second-order valence-corrected chi connectivity index (χ2v) is 5.53. The molecule has 0 aliphatic rings. The molecule has 0 saturated carbocycles. The average molecular weight is 343 g/mol. The fourth-order valence-electron chi connectivity index (χ4n) is 2.23. The summed E-state index contributed by atoms with van der Waals surface area (Å²) in [6.07, 6.45) is 2.05. The van der Waals surface area contributed by atoms with Crippen LogP contribution in [0.1, 0.15) is 27.6 Å². The van der Waals surface area contributed by atoms with Gasteiger partial charge in [0.15, 0.2) is 0 Å². The summed E-state index contributed by atoms with van der Waals surface area (Å²) < 4.78 is 11.0. The molecule has 0 N–H and O–H groups in total. The minimum Gasteiger partial charge on any atom is -0.542 e. The van der Waals surface area contributed by atoms with Crippen molar-refractivity contribution in [2.75, 3.05) is 0 Å². The third kappa shape index (κ3) is 3.94. The topological polar surface area (TPSA) is 75.4 Å². The van der Waals surface area contributed by atoms with E-state index in [1.807, 2.05) is 18.2 Å². The quantitative estimate of drug-likeness (QED) is 0.688. The van der Waals surface area contributed by atoms with Gasteiger partial charge in [-0.15, -0.1) is 0 Å². The Kier molecular flexibility index (Phi) is 4.82. The maximum atomic E-state index is 10.8. The van der Waals surface area contributed by atoms with Gasteiger partial charge in [0.1, 0.15) is 29.8 Å². The zero-order chi connectivity index (χ0) is 16.9. The summed E-state index contributed by atoms with van der Waals surface area (Å²) in [5.74, 6) is -0.433. The second kappa shape index (κ2) is 7.19. The van der Waals surface area contributed by atoms with Gasteiger partial charge in [-0.3, -0.25) is 4.98 Å². The van der Waals surface area contributed by atoms with E-state index in [1.165, 1.54) is 6.07 Å². The molecule has 0 atom stereocenters. The van der Waals surface area contributed by atoms with Crippen molar-refractivity contribution in [3.05, 3.63) is 82.5 Å². The lowest BCUT2D eigenvalue weighted by atomic mass is 10.1. The molecule has 3 aromatic rings. The molecule has 2 heterocycles. The number of pyridine rings is 1. The van der Waals surface area contributed by atoms with Crippen molar-refractivity contribution in [1.82, 2.24) is 4.98 Å². The van der Waals surface area contributed by atoms with Gasteiger partial charge in [0, 0.05) is 23.2 Å². The van der Waals surface area contributed by atoms with Gasteiger partial charge in [0.2, 0.25) is 0 Å². The lowest BCUT2D eigenvalue weighted by Crippen LogP contribution is -2.21. The molecule has 0 bridgehead atoms. The Morgan fingerprint density at radius 2 is 2.08 bits per heavy atom. The van der Waals surface area contributed by atoms with Crippen molar-refractivity contribution < 1.29 is 19.1 Å². The van der Waals surface area contributed by atoms with Crippen molar-refractivity contribution in [1.29, 1.82) is 0 Å². The van der Waals surface area contributed by atoms with Gasteiger partial charge in [0.05, 0.1) is 5.69 Å². The van der Waals surface area contributed by atoms with Gasteiger partial charge in [-0.1, -0.05) is 17.7 Å². The zero-order valence-electron chi connectivity index (χ0n) is 12.6. The monoisotopic (exact) mass is 342 g/mol. The predicted octanol–water partition coefficient (Wildman–Crippen LogP) is 2.86. The third-order valence-electron chi connectivity index (χ3n) is 3.35. The highest BCUT2D eigenvalue weighted by atomic mass is 35.5. The number of hydrogen-bond donors (Lipinski definition) is 0. The minimum atomic E-state index is -1.35. The molecule has 122 valence electrons. The Hall–Kier alpha value is -2.79. The summed E-state index contributed by atoms with van der Waals surface area (Å²) in [6, 6.07) is 13.8. The van der Waals surface area contributed by atoms with Crippen LogP contribution in [0.4, 0.5) is 0 Å². The molecular weight excluding hydrogens is 330 g/mol. The molecule has 0 aliphatic heterocycles. The second-order valence-electron chi connectivity index (χ2n) is 5.09. The van der Waals surface area contributed by atoms with Crippen LogP contribution in [0.3, 0.4) is 0 Å². The van der Waals surface area contributed by atoms with E-state index in [-0.39, 0.29) is 5.76 Å². The van der Waals surface area contributed by atoms with Crippen molar-refractivity contribution in [3.8, 4) is 5.75 Å². The number of rotatable bonds is 6. The predicted molar refractivity (Wildman–Crippen MR) is 85.9 cm³/mol. The van der Waals surface area contributed by atoms with Crippen molar-refractivity contribution in [3.63, 3.8) is 0 Å². The van der Waals surface area contributed by atoms with Crippen LogP contribution in [0, 0.1) is 0 Å². The maximum absolute atomic E-state index is 10.8. The number of carbonyl (C=O) groups is 1. The van der Waals surface area contributed by atoms with Crippen molar-refractivity contribution in [2.45, 2.75) is 13.0 Å². The molecule has 0 amide bonds. The first-order chi connectivity index (χ1) is 11.6. The van der Waals surface area contributed by atoms with Crippen LogP contribution in [-0.2, 0) is 13.0 Å². The zero-order valence-corrected chi connectivity index (χ0v) is 13.3. The maximum Gasteiger partial charge on any atom is 0.149 e. The smallest absolute Gasteiger partial charge is 0.149 e. The molecule has 0 aliphatic carbocycles. The molecule has 0 fully saturated rings. The number of carbonyl (C=O) groups excluding carboxylic acids is 1. The number of ether oxygens (including phenoxy) is 1. The van der Waals surface area contributed by atoms with Crippen LogP contribution >= 0.6 is 11.6 Å². The lowest BCUT2D eigenvalue weighted by Gasteiger charge is -2.11. The van der Waals surface area contributed by atoms with Crippen LogP contribution in [0.2, 0.25) is 5.02 Å². The van der Waals surface area contributed by atoms with Crippen LogP contribution in [-0.4, -0.2) is 11.0 Å². The highest BCUT2D eigenvalue weighted by Gasteiger charge is 2.10. The fourth-order valence-corrected chi connectivity index (χ4v) is 2.43. The van der Waals surface area contributed by atoms with Crippen LogP contribution < -0.4 is 9.84 Å². The number of carboxylic acids is 1. The van der Waals surface area contributed by atoms with E-state index in [0.717, 1.165) is 11.3 Å². The highest BCUT2D eigenvalue weighted by molar-refractivity contribution is 6.30. The Bertz CT molecular complexity index is 845. The number of halogens is 1. The first kappa shape index (κ1) is 16.1. The van der Waals surface area contributed by atoms with Gasteiger partial charge in [-0.2, -0.15) is 0 Å². The number of nitrogens with zero attached hydrogens (tertiary/aromatic N) is 1. The number of benzene rings is 1. The lowest BCUT2D eigenvalue weighted by molar-refractivity contribution is -0.257. The van der Waals surface area contributed by atoms with Crippen LogP contribution in [0.5, 0.6) is 5.75 Å². The average Bonchev–Trinajstić information content (AvgIpc) is 3.04. The molecule has 6 heteroatoms. The Balaban J connectivity index is 1.78. The first-order valence-electron chi connectivity index (χ1n) is 7.23. The highest BCUT2D eigenvalue weighted by Crippen LogP contribution is 2.26. The van der Waals surface area contributed by atoms with Gasteiger partial charge >= 0.3 is 0 Å². The van der Waals surface area contributed by atoms with E-state index >= 15 is 0 Å². The molecular formula is C18H13ClNO4-. The molecule has 0 unspecified atom stereocenters. The van der Waals surface area contributed by atoms with Gasteiger partial charge in [-0.05, 0) is 42.5 Å². The standard InChI is InChI=1S/C18H14ClNO4/c19-13-4-6-16(23-11-14-3-1-2-8-20-14)12(9-13)10-15-5-7-17(24-15)18(21)22/h1-9H,10-11H2,(H,21,22)/p-1. The first-order valence-corrected chi connectivity index (χ1v) is 7.61. The summed E-state index contributed by atoms with van der Waals surface area (Å²) in [7, 11) is 0. The van der Waals surface area contributed by atoms with Crippen molar-refractivity contribution in [2.24, 2.45) is 0 Å². The summed E-state index contributed by atoms with van der Waals surface area (Å²) >= 11 is 6.05. The SMILES string of the molecule is O=C([O-])c1ccc(Cc2cc(Cl)ccc2OCc2ccccn2)o1. The Morgan fingerprint density at radius 1 is 1.21 bits per heavy atom. The van der Waals surface area contributed by atoms with E-state index in [1.54, 1.807) is 30.5 Å². The van der Waals surface area contributed by atoms with Crippen molar-refractivity contribution >= 4 is 17.6 Å². The molecule has 3 rings (SSSR count). The van der Waals surface area contributed by atoms with E-state index in [0.29, 0.717) is 29.6 Å². The molecule has 0 spiro atoms. The molecule has 24 heavy (non-hydrogen) atoms. The molecule has 0 radical (unpaired) electrons. The summed E-state index contributed by atoms with van der Waals surface area (Å²) in [5.41, 5.74) is 1.59. The van der Waals surface area contributed by atoms with E-state index < -0.39 is 5.97 Å². The van der Waals surface area contributed by atoms with Gasteiger partial charge in [-0.25, -0.2) is 0 Å². The molecule has 5 nitrogen and oxygen atoms in total. The number of aromatic nitrogens is 1. The Morgan fingerprint density at radius 3 is 2.79 bits per heavy atom. The Labute approximate surface area is 143 Å². The molecule has 2 aromatic heterocycles. The minimum absolute atomic E-state index is 0.206. The third-order valence-corrected chi connectivity index (χ3v) is 3.59. The summed E-state index contributed by atoms with van der Waals surface area (Å²) in [5, 5.41) is 11.3. The van der Waals surface area contributed by atoms with Crippen LogP contribution in [0.15, 0.2) is 59.1 Å². The summed E-state index contributed by atoms with van der Waals surface area (Å²) in [4.78, 5) is 15.0. The normalized spacial score (nSPS) is 10.5. The molecule has 0 saturated heterocycles.